The van der Waals surface area contributed by atoms with Gasteiger partial charge in [-0.15, -0.1) is 0 Å². The van der Waals surface area contributed by atoms with Gasteiger partial charge in [0.15, 0.2) is 0 Å². The molecule has 1 N–H and O–H groups in total. The maximum Gasteiger partial charge on any atom is 0.250 e. The molecule has 0 aliphatic carbocycles. The van der Waals surface area contributed by atoms with E-state index in [1.165, 1.54) is 19.2 Å². The second kappa shape index (κ2) is 5.26. The molecule has 1 aromatic rings. The second-order valence-electron chi connectivity index (χ2n) is 2.61. The monoisotopic (exact) mass is 309 g/mol. The summed E-state index contributed by atoms with van der Waals surface area (Å²) in [4.78, 5) is 11.0. The van der Waals surface area contributed by atoms with Gasteiger partial charge in [-0.1, -0.05) is 0 Å². The average Bonchev–Trinajstić information content (AvgIpc) is 2.10. The largest absolute Gasteiger partial charge is 0.375 e. The predicted molar refractivity (Wildman–Crippen MR) is 59.6 cm³/mol. The van der Waals surface area contributed by atoms with Crippen molar-refractivity contribution in [3.8, 4) is 0 Å². The highest BCUT2D eigenvalue weighted by atomic mass is 127. The minimum atomic E-state index is -0.443. The molecule has 1 rings (SSSR count). The minimum Gasteiger partial charge on any atom is -0.375 e. The maximum atomic E-state index is 13.2. The van der Waals surface area contributed by atoms with Crippen LogP contribution in [0.25, 0.3) is 0 Å². The van der Waals surface area contributed by atoms with Crippen molar-refractivity contribution in [2.75, 3.05) is 19.0 Å². The van der Waals surface area contributed by atoms with Crippen molar-refractivity contribution in [2.24, 2.45) is 0 Å². The third kappa shape index (κ3) is 3.22. The number of rotatable bonds is 3. The first-order chi connectivity index (χ1) is 6.63. The molecule has 0 spiro atoms. The van der Waals surface area contributed by atoms with Crippen LogP contribution in [-0.2, 0) is 9.53 Å². The van der Waals surface area contributed by atoms with Crippen molar-refractivity contribution >= 4 is 34.2 Å². The number of hydrogen-bond acceptors (Lipinski definition) is 2. The number of methoxy groups -OCH3 is 1. The Labute approximate surface area is 94.8 Å². The molecular weight excluding hydrogens is 300 g/mol. The smallest absolute Gasteiger partial charge is 0.250 e. The molecular formula is C9H9FINO2. The number of anilines is 1. The molecule has 0 heterocycles. The Morgan fingerprint density at radius 2 is 2.36 bits per heavy atom. The Bertz CT molecular complexity index is 344. The molecule has 76 valence electrons. The van der Waals surface area contributed by atoms with Crippen LogP contribution in [0.2, 0.25) is 0 Å². The van der Waals surface area contributed by atoms with Crippen LogP contribution in [0.3, 0.4) is 0 Å². The summed E-state index contributed by atoms with van der Waals surface area (Å²) < 4.78 is 18.6. The van der Waals surface area contributed by atoms with Gasteiger partial charge in [0.05, 0.1) is 5.69 Å². The van der Waals surface area contributed by atoms with Crippen molar-refractivity contribution < 1.29 is 13.9 Å². The lowest BCUT2D eigenvalue weighted by molar-refractivity contribution is -0.119. The highest BCUT2D eigenvalue weighted by Crippen LogP contribution is 2.16. The third-order valence-electron chi connectivity index (χ3n) is 1.48. The molecule has 0 aliphatic heterocycles. The van der Waals surface area contributed by atoms with Crippen molar-refractivity contribution in [3.05, 3.63) is 27.6 Å². The first kappa shape index (κ1) is 11.4. The number of halogens is 2. The van der Waals surface area contributed by atoms with Crippen LogP contribution in [0.15, 0.2) is 18.2 Å². The Kier molecular flexibility index (Phi) is 4.27. The van der Waals surface area contributed by atoms with E-state index < -0.39 is 5.82 Å². The van der Waals surface area contributed by atoms with Gasteiger partial charge < -0.3 is 10.1 Å². The fourth-order valence-corrected chi connectivity index (χ4v) is 1.36. The van der Waals surface area contributed by atoms with Crippen molar-refractivity contribution in [1.29, 1.82) is 0 Å². The van der Waals surface area contributed by atoms with E-state index in [0.29, 0.717) is 0 Å². The number of benzene rings is 1. The molecule has 0 aromatic heterocycles. The molecule has 0 radical (unpaired) electrons. The van der Waals surface area contributed by atoms with Crippen molar-refractivity contribution in [3.63, 3.8) is 0 Å². The molecule has 0 saturated heterocycles. The summed E-state index contributed by atoms with van der Waals surface area (Å²) in [5, 5.41) is 2.40. The van der Waals surface area contributed by atoms with Gasteiger partial charge in [0.25, 0.3) is 0 Å². The number of ether oxygens (including phenoxy) is 1. The van der Waals surface area contributed by atoms with Gasteiger partial charge >= 0.3 is 0 Å². The van der Waals surface area contributed by atoms with E-state index in [2.05, 4.69) is 10.1 Å². The van der Waals surface area contributed by atoms with Gasteiger partial charge in [0, 0.05) is 10.7 Å². The topological polar surface area (TPSA) is 38.3 Å². The second-order valence-corrected chi connectivity index (χ2v) is 3.85. The molecule has 0 fully saturated rings. The molecule has 0 aliphatic rings. The molecule has 14 heavy (non-hydrogen) atoms. The van der Waals surface area contributed by atoms with Crippen LogP contribution >= 0.6 is 22.6 Å². The molecule has 0 bridgehead atoms. The van der Waals surface area contributed by atoms with Crippen LogP contribution < -0.4 is 5.32 Å². The number of amides is 1. The van der Waals surface area contributed by atoms with Gasteiger partial charge in [-0.3, -0.25) is 4.79 Å². The normalized spacial score (nSPS) is 9.93. The summed E-state index contributed by atoms with van der Waals surface area (Å²) >= 11 is 2.00. The summed E-state index contributed by atoms with van der Waals surface area (Å²) in [6.07, 6.45) is 0. The minimum absolute atomic E-state index is 0.0779. The quantitative estimate of drug-likeness (QED) is 0.868. The standard InChI is InChI=1S/C9H9FINO2/c1-14-5-9(13)12-8-3-2-6(11)4-7(8)10/h2-4H,5H2,1H3,(H,12,13). The van der Waals surface area contributed by atoms with Crippen LogP contribution in [0.5, 0.6) is 0 Å². The lowest BCUT2D eigenvalue weighted by Crippen LogP contribution is -2.17. The van der Waals surface area contributed by atoms with Crippen LogP contribution in [0.4, 0.5) is 10.1 Å². The molecule has 0 saturated carbocycles. The first-order valence-electron chi connectivity index (χ1n) is 3.87. The zero-order valence-electron chi connectivity index (χ0n) is 7.51. The molecule has 0 unspecified atom stereocenters. The van der Waals surface area contributed by atoms with Gasteiger partial charge in [-0.05, 0) is 40.8 Å². The van der Waals surface area contributed by atoms with Crippen molar-refractivity contribution in [2.45, 2.75) is 0 Å². The highest BCUT2D eigenvalue weighted by molar-refractivity contribution is 14.1. The number of carbonyl (C=O) groups excluding carboxylic acids is 1. The third-order valence-corrected chi connectivity index (χ3v) is 2.15. The van der Waals surface area contributed by atoms with Crippen LogP contribution in [0, 0.1) is 9.39 Å². The Morgan fingerprint density at radius 1 is 1.64 bits per heavy atom. The van der Waals surface area contributed by atoms with E-state index >= 15 is 0 Å². The van der Waals surface area contributed by atoms with E-state index in [0.717, 1.165) is 3.57 Å². The van der Waals surface area contributed by atoms with Crippen molar-refractivity contribution in [1.82, 2.24) is 0 Å². The van der Waals surface area contributed by atoms with Gasteiger partial charge in [-0.2, -0.15) is 0 Å². The zero-order valence-corrected chi connectivity index (χ0v) is 9.67. The molecule has 1 amide bonds. The summed E-state index contributed by atoms with van der Waals surface area (Å²) in [5.74, 6) is -0.811. The van der Waals surface area contributed by atoms with E-state index in [1.807, 2.05) is 22.6 Å². The Morgan fingerprint density at radius 3 is 2.93 bits per heavy atom. The SMILES string of the molecule is COCC(=O)Nc1ccc(I)cc1F. The summed E-state index contributed by atoms with van der Waals surface area (Å²) in [7, 11) is 1.41. The van der Waals surface area contributed by atoms with Gasteiger partial charge in [-0.25, -0.2) is 4.39 Å². The fraction of sp³-hybridized carbons (Fsp3) is 0.222. The summed E-state index contributed by atoms with van der Waals surface area (Å²) in [5.41, 5.74) is 0.174. The summed E-state index contributed by atoms with van der Waals surface area (Å²) in [6, 6.07) is 4.58. The fourth-order valence-electron chi connectivity index (χ4n) is 0.908. The van der Waals surface area contributed by atoms with E-state index in [9.17, 15) is 9.18 Å². The Balaban J connectivity index is 2.72. The van der Waals surface area contributed by atoms with E-state index in [4.69, 9.17) is 0 Å². The van der Waals surface area contributed by atoms with Crippen LogP contribution in [-0.4, -0.2) is 19.6 Å². The number of nitrogens with one attached hydrogen (secondary N) is 1. The first-order valence-corrected chi connectivity index (χ1v) is 4.95. The average molecular weight is 309 g/mol. The molecule has 0 atom stereocenters. The predicted octanol–water partition coefficient (Wildman–Crippen LogP) is 2.02. The Hall–Kier alpha value is -0.690. The van der Waals surface area contributed by atoms with Crippen LogP contribution in [0.1, 0.15) is 0 Å². The van der Waals surface area contributed by atoms with E-state index in [-0.39, 0.29) is 18.2 Å². The highest BCUT2D eigenvalue weighted by Gasteiger charge is 2.06. The lowest BCUT2D eigenvalue weighted by atomic mass is 10.3. The molecule has 5 heteroatoms. The lowest BCUT2D eigenvalue weighted by Gasteiger charge is -2.05. The molecule has 3 nitrogen and oxygen atoms in total. The number of carbonyl (C=O) groups is 1. The number of hydrogen-bond donors (Lipinski definition) is 1. The molecule has 1 aromatic carbocycles. The van der Waals surface area contributed by atoms with Gasteiger partial charge in [0.2, 0.25) is 5.91 Å². The van der Waals surface area contributed by atoms with E-state index in [1.54, 1.807) is 6.07 Å². The maximum absolute atomic E-state index is 13.2. The van der Waals surface area contributed by atoms with Gasteiger partial charge in [0.1, 0.15) is 12.4 Å². The summed E-state index contributed by atoms with van der Waals surface area (Å²) in [6.45, 7) is -0.0779. The zero-order chi connectivity index (χ0) is 10.6.